The number of nitrogens with zero attached hydrogens (tertiary/aromatic N) is 1. The summed E-state index contributed by atoms with van der Waals surface area (Å²) in [6, 6.07) is 7.83. The Bertz CT molecular complexity index is 553. The third-order valence-electron chi connectivity index (χ3n) is 3.32. The average molecular weight is 272 g/mol. The third-order valence-corrected chi connectivity index (χ3v) is 3.32. The van der Waals surface area contributed by atoms with Crippen molar-refractivity contribution in [3.63, 3.8) is 0 Å². The maximum Gasteiger partial charge on any atom is 0.408 e. The molecule has 0 aliphatic heterocycles. The number of alkyl carbamates (subject to hydrolysis) is 1. The van der Waals surface area contributed by atoms with Crippen LogP contribution in [0.2, 0.25) is 0 Å². The molecule has 1 aliphatic rings. The zero-order valence-electron chi connectivity index (χ0n) is 12.2. The number of benzene rings is 1. The second-order valence-corrected chi connectivity index (χ2v) is 6.08. The second kappa shape index (κ2) is 5.54. The molecule has 2 rings (SSSR count). The number of carbonyl (C=O) groups is 1. The van der Waals surface area contributed by atoms with Gasteiger partial charge in [0.15, 0.2) is 0 Å². The molecule has 1 N–H and O–H groups in total. The first-order chi connectivity index (χ1) is 9.40. The van der Waals surface area contributed by atoms with Crippen LogP contribution >= 0.6 is 0 Å². The Morgan fingerprint density at radius 1 is 1.45 bits per heavy atom. The molecular weight excluding hydrogens is 252 g/mol. The molecular formula is C16H20N2O2. The second-order valence-electron chi connectivity index (χ2n) is 6.08. The Labute approximate surface area is 119 Å². The van der Waals surface area contributed by atoms with Crippen LogP contribution in [0.15, 0.2) is 18.2 Å². The van der Waals surface area contributed by atoms with Crippen molar-refractivity contribution in [3.05, 3.63) is 34.9 Å². The summed E-state index contributed by atoms with van der Waals surface area (Å²) in [4.78, 5) is 11.9. The fourth-order valence-electron chi connectivity index (χ4n) is 2.55. The standard InChI is InChI=1S/C16H20N2O2/c1-16(2,3)20-15(19)18-14-9-5-7-12-11(10-17)6-4-8-13(12)14/h4,6,8,14H,5,7,9H2,1-3H3,(H,18,19)/t14-/m1/s1. The van der Waals surface area contributed by atoms with Gasteiger partial charge in [-0.3, -0.25) is 0 Å². The smallest absolute Gasteiger partial charge is 0.408 e. The lowest BCUT2D eigenvalue weighted by atomic mass is 9.85. The van der Waals surface area contributed by atoms with Gasteiger partial charge in [-0.25, -0.2) is 4.79 Å². The molecule has 106 valence electrons. The van der Waals surface area contributed by atoms with E-state index in [2.05, 4.69) is 11.4 Å². The maximum atomic E-state index is 11.9. The molecule has 0 saturated carbocycles. The first-order valence-electron chi connectivity index (χ1n) is 6.92. The van der Waals surface area contributed by atoms with Crippen LogP contribution in [0.1, 0.15) is 56.3 Å². The van der Waals surface area contributed by atoms with E-state index in [1.807, 2.05) is 39.0 Å². The quantitative estimate of drug-likeness (QED) is 0.851. The van der Waals surface area contributed by atoms with Crippen LogP contribution in [0.5, 0.6) is 0 Å². The molecule has 0 heterocycles. The minimum absolute atomic E-state index is 0.0677. The summed E-state index contributed by atoms with van der Waals surface area (Å²) in [5, 5.41) is 12.1. The van der Waals surface area contributed by atoms with Crippen LogP contribution in [0, 0.1) is 11.3 Å². The summed E-state index contributed by atoms with van der Waals surface area (Å²) >= 11 is 0. The van der Waals surface area contributed by atoms with E-state index >= 15 is 0 Å². The van der Waals surface area contributed by atoms with Gasteiger partial charge in [-0.1, -0.05) is 12.1 Å². The molecule has 1 amide bonds. The van der Waals surface area contributed by atoms with Crippen LogP contribution in [0.25, 0.3) is 0 Å². The predicted octanol–water partition coefficient (Wildman–Crippen LogP) is 3.46. The zero-order valence-corrected chi connectivity index (χ0v) is 12.2. The van der Waals surface area contributed by atoms with E-state index in [4.69, 9.17) is 10.00 Å². The molecule has 0 spiro atoms. The van der Waals surface area contributed by atoms with Crippen molar-refractivity contribution in [3.8, 4) is 6.07 Å². The summed E-state index contributed by atoms with van der Waals surface area (Å²) in [6.07, 6.45) is 2.33. The molecule has 20 heavy (non-hydrogen) atoms. The van der Waals surface area contributed by atoms with Crippen molar-refractivity contribution in [2.75, 3.05) is 0 Å². The van der Waals surface area contributed by atoms with Crippen LogP contribution in [-0.2, 0) is 11.2 Å². The lowest BCUT2D eigenvalue weighted by Crippen LogP contribution is -2.36. The number of ether oxygens (including phenoxy) is 1. The fraction of sp³-hybridized carbons (Fsp3) is 0.500. The van der Waals surface area contributed by atoms with Gasteiger partial charge >= 0.3 is 6.09 Å². The van der Waals surface area contributed by atoms with Crippen molar-refractivity contribution >= 4 is 6.09 Å². The predicted molar refractivity (Wildman–Crippen MR) is 76.2 cm³/mol. The number of hydrogen-bond acceptors (Lipinski definition) is 3. The number of nitriles is 1. The number of rotatable bonds is 1. The molecule has 1 aromatic carbocycles. The summed E-state index contributed by atoms with van der Waals surface area (Å²) in [7, 11) is 0. The van der Waals surface area contributed by atoms with Gasteiger partial charge in [0.25, 0.3) is 0 Å². The number of amides is 1. The van der Waals surface area contributed by atoms with E-state index in [0.717, 1.165) is 30.4 Å². The Kier molecular flexibility index (Phi) is 3.99. The van der Waals surface area contributed by atoms with E-state index in [0.29, 0.717) is 5.56 Å². The lowest BCUT2D eigenvalue weighted by Gasteiger charge is -2.28. The number of fused-ring (bicyclic) bond motifs is 1. The summed E-state index contributed by atoms with van der Waals surface area (Å²) in [5.74, 6) is 0. The van der Waals surface area contributed by atoms with E-state index in [-0.39, 0.29) is 6.04 Å². The third kappa shape index (κ3) is 3.30. The van der Waals surface area contributed by atoms with E-state index in [9.17, 15) is 4.79 Å². The van der Waals surface area contributed by atoms with Crippen molar-refractivity contribution in [1.82, 2.24) is 5.32 Å². The van der Waals surface area contributed by atoms with Gasteiger partial charge in [-0.2, -0.15) is 5.26 Å². The Morgan fingerprint density at radius 2 is 2.20 bits per heavy atom. The normalized spacial score (nSPS) is 17.8. The fourth-order valence-corrected chi connectivity index (χ4v) is 2.55. The molecule has 1 aromatic rings. The maximum absolute atomic E-state index is 11.9. The highest BCUT2D eigenvalue weighted by Gasteiger charge is 2.25. The Balaban J connectivity index is 2.18. The number of hydrogen-bond donors (Lipinski definition) is 1. The molecule has 0 unspecified atom stereocenters. The van der Waals surface area contributed by atoms with Gasteiger partial charge in [-0.05, 0) is 57.2 Å². The van der Waals surface area contributed by atoms with E-state index in [1.54, 1.807) is 0 Å². The molecule has 0 saturated heterocycles. The monoisotopic (exact) mass is 272 g/mol. The molecule has 0 fully saturated rings. The highest BCUT2D eigenvalue weighted by molar-refractivity contribution is 5.68. The first kappa shape index (κ1) is 14.4. The van der Waals surface area contributed by atoms with E-state index < -0.39 is 11.7 Å². The molecule has 4 nitrogen and oxygen atoms in total. The minimum atomic E-state index is -0.504. The highest BCUT2D eigenvalue weighted by Crippen LogP contribution is 2.31. The molecule has 1 aliphatic carbocycles. The summed E-state index contributed by atoms with van der Waals surface area (Å²) < 4.78 is 5.30. The molecule has 0 radical (unpaired) electrons. The van der Waals surface area contributed by atoms with Gasteiger partial charge in [0.1, 0.15) is 5.60 Å². The van der Waals surface area contributed by atoms with Gasteiger partial charge < -0.3 is 10.1 Å². The van der Waals surface area contributed by atoms with Crippen molar-refractivity contribution in [2.45, 2.75) is 51.7 Å². The van der Waals surface area contributed by atoms with Crippen LogP contribution in [0.4, 0.5) is 4.79 Å². The topological polar surface area (TPSA) is 62.1 Å². The van der Waals surface area contributed by atoms with Gasteiger partial charge in [-0.15, -0.1) is 0 Å². The van der Waals surface area contributed by atoms with E-state index in [1.165, 1.54) is 0 Å². The van der Waals surface area contributed by atoms with Crippen molar-refractivity contribution in [1.29, 1.82) is 5.26 Å². The van der Waals surface area contributed by atoms with Crippen LogP contribution in [-0.4, -0.2) is 11.7 Å². The van der Waals surface area contributed by atoms with Crippen molar-refractivity contribution in [2.24, 2.45) is 0 Å². The van der Waals surface area contributed by atoms with Crippen LogP contribution in [0.3, 0.4) is 0 Å². The Hall–Kier alpha value is -2.02. The summed E-state index contributed by atoms with van der Waals surface area (Å²) in [6.45, 7) is 5.53. The van der Waals surface area contributed by atoms with Crippen LogP contribution < -0.4 is 5.32 Å². The van der Waals surface area contributed by atoms with Gasteiger partial charge in [0, 0.05) is 0 Å². The lowest BCUT2D eigenvalue weighted by molar-refractivity contribution is 0.0498. The number of nitrogens with one attached hydrogen (secondary N) is 1. The molecule has 1 atom stereocenters. The molecule has 4 heteroatoms. The van der Waals surface area contributed by atoms with Crippen molar-refractivity contribution < 1.29 is 9.53 Å². The zero-order chi connectivity index (χ0) is 14.8. The van der Waals surface area contributed by atoms with Gasteiger partial charge in [0.2, 0.25) is 0 Å². The average Bonchev–Trinajstić information content (AvgIpc) is 2.36. The van der Waals surface area contributed by atoms with Gasteiger partial charge in [0.05, 0.1) is 17.7 Å². The minimum Gasteiger partial charge on any atom is -0.444 e. The Morgan fingerprint density at radius 3 is 2.85 bits per heavy atom. The molecule has 0 bridgehead atoms. The highest BCUT2D eigenvalue weighted by atomic mass is 16.6. The largest absolute Gasteiger partial charge is 0.444 e. The first-order valence-corrected chi connectivity index (χ1v) is 6.92. The molecule has 0 aromatic heterocycles. The number of carbonyl (C=O) groups excluding carboxylic acids is 1. The SMILES string of the molecule is CC(C)(C)OC(=O)N[C@@H]1CCCc2c(C#N)cccc21. The summed E-state index contributed by atoms with van der Waals surface area (Å²) in [5.41, 5.74) is 2.30.